The van der Waals surface area contributed by atoms with Gasteiger partial charge in [0.05, 0.1) is 0 Å². The Labute approximate surface area is 179 Å². The van der Waals surface area contributed by atoms with Gasteiger partial charge < -0.3 is 10.1 Å². The van der Waals surface area contributed by atoms with Crippen molar-refractivity contribution >= 4 is 17.7 Å². The lowest BCUT2D eigenvalue weighted by molar-refractivity contribution is 0.0849. The summed E-state index contributed by atoms with van der Waals surface area (Å²) in [4.78, 5) is 15.0. The zero-order chi connectivity index (χ0) is 20.5. The van der Waals surface area contributed by atoms with E-state index in [9.17, 15) is 4.79 Å². The molecule has 3 rings (SSSR count). The number of nitrogens with one attached hydrogen (secondary N) is 1. The highest BCUT2D eigenvalue weighted by Crippen LogP contribution is 2.22. The van der Waals surface area contributed by atoms with Gasteiger partial charge >= 0.3 is 0 Å². The number of carbonyl (C=O) groups excluding carboxylic acids is 1. The molecule has 1 heterocycles. The van der Waals surface area contributed by atoms with E-state index in [0.29, 0.717) is 18.2 Å². The Balaban J connectivity index is 1.46. The fourth-order valence-corrected chi connectivity index (χ4v) is 4.44. The van der Waals surface area contributed by atoms with Gasteiger partial charge in [0.25, 0.3) is 5.91 Å². The molecule has 29 heavy (non-hydrogen) atoms. The largest absolute Gasteiger partial charge is 0.490 e. The third-order valence-corrected chi connectivity index (χ3v) is 6.26. The maximum absolute atomic E-state index is 12.5. The zero-order valence-corrected chi connectivity index (χ0v) is 18.3. The van der Waals surface area contributed by atoms with E-state index in [4.69, 9.17) is 4.74 Å². The minimum Gasteiger partial charge on any atom is -0.490 e. The Morgan fingerprint density at radius 3 is 2.66 bits per heavy atom. The highest BCUT2D eigenvalue weighted by Gasteiger charge is 2.23. The van der Waals surface area contributed by atoms with E-state index in [0.717, 1.165) is 38.1 Å². The van der Waals surface area contributed by atoms with Crippen LogP contribution in [0.3, 0.4) is 0 Å². The number of ether oxygens (including phenoxy) is 1. The zero-order valence-electron chi connectivity index (χ0n) is 17.5. The number of thioether (sulfide) groups is 1. The first kappa shape index (κ1) is 21.7. The monoisotopic (exact) mass is 412 g/mol. The number of hydrogen-bond acceptors (Lipinski definition) is 4. The molecule has 2 aromatic rings. The maximum atomic E-state index is 12.5. The standard InChI is InChI=1S/C24H32N2O2S/c1-19(18-29-2)26-15-12-22(13-16-26)28-23-10-6-9-21(17-23)24(27)25-14-11-20-7-4-3-5-8-20/h3-10,17,19,22H,11-16,18H2,1-2H3,(H,25,27)/t19-/m1/s1. The average molecular weight is 413 g/mol. The van der Waals surface area contributed by atoms with E-state index >= 15 is 0 Å². The number of nitrogens with zero attached hydrogens (tertiary/aromatic N) is 1. The summed E-state index contributed by atoms with van der Waals surface area (Å²) < 4.78 is 6.20. The first-order chi connectivity index (χ1) is 14.2. The van der Waals surface area contributed by atoms with Crippen LogP contribution in [0.5, 0.6) is 5.75 Å². The van der Waals surface area contributed by atoms with E-state index < -0.39 is 0 Å². The van der Waals surface area contributed by atoms with Gasteiger partial charge in [0.2, 0.25) is 0 Å². The minimum atomic E-state index is -0.0490. The van der Waals surface area contributed by atoms with Crippen LogP contribution >= 0.6 is 11.8 Å². The van der Waals surface area contributed by atoms with Crippen LogP contribution in [0.4, 0.5) is 0 Å². The predicted molar refractivity (Wildman–Crippen MR) is 122 cm³/mol. The van der Waals surface area contributed by atoms with Crippen LogP contribution in [0.1, 0.15) is 35.7 Å². The van der Waals surface area contributed by atoms with Gasteiger partial charge in [-0.25, -0.2) is 0 Å². The SMILES string of the molecule is CSC[C@@H](C)N1CCC(Oc2cccc(C(=O)NCCc3ccccc3)c2)CC1. The molecule has 0 bridgehead atoms. The number of carbonyl (C=O) groups is 1. The Bertz CT molecular complexity index is 760. The van der Waals surface area contributed by atoms with E-state index in [1.54, 1.807) is 0 Å². The molecule has 5 heteroatoms. The number of piperidine rings is 1. The average Bonchev–Trinajstić information content (AvgIpc) is 2.75. The number of benzene rings is 2. The summed E-state index contributed by atoms with van der Waals surface area (Å²) in [5, 5.41) is 3.01. The molecule has 1 aliphatic heterocycles. The molecule has 0 spiro atoms. The van der Waals surface area contributed by atoms with Gasteiger partial charge in [0, 0.05) is 37.0 Å². The van der Waals surface area contributed by atoms with Crippen molar-refractivity contribution in [2.75, 3.05) is 31.6 Å². The Hall–Kier alpha value is -1.98. The third kappa shape index (κ3) is 6.79. The lowest BCUT2D eigenvalue weighted by Gasteiger charge is -2.35. The van der Waals surface area contributed by atoms with Crippen molar-refractivity contribution in [2.45, 2.75) is 38.3 Å². The van der Waals surface area contributed by atoms with Gasteiger partial charge in [-0.05, 0) is 56.2 Å². The molecule has 0 aliphatic carbocycles. The fourth-order valence-electron chi connectivity index (χ4n) is 3.75. The summed E-state index contributed by atoms with van der Waals surface area (Å²) in [5.41, 5.74) is 1.88. The summed E-state index contributed by atoms with van der Waals surface area (Å²) >= 11 is 1.90. The fraction of sp³-hybridized carbons (Fsp3) is 0.458. The summed E-state index contributed by atoms with van der Waals surface area (Å²) in [6, 6.07) is 18.4. The van der Waals surface area contributed by atoms with E-state index in [1.807, 2.05) is 54.2 Å². The molecule has 1 saturated heterocycles. The lowest BCUT2D eigenvalue weighted by Crippen LogP contribution is -2.43. The molecule has 0 aromatic heterocycles. The summed E-state index contributed by atoms with van der Waals surface area (Å²) in [7, 11) is 0. The minimum absolute atomic E-state index is 0.0490. The van der Waals surface area contributed by atoms with Crippen LogP contribution in [0.2, 0.25) is 0 Å². The van der Waals surface area contributed by atoms with Crippen LogP contribution < -0.4 is 10.1 Å². The van der Waals surface area contributed by atoms with Gasteiger partial charge in [-0.3, -0.25) is 9.69 Å². The second kappa shape index (κ2) is 11.3. The van der Waals surface area contributed by atoms with Crippen molar-refractivity contribution in [2.24, 2.45) is 0 Å². The molecular weight excluding hydrogens is 380 g/mol. The molecule has 0 radical (unpaired) electrons. The number of rotatable bonds is 9. The van der Waals surface area contributed by atoms with Crippen molar-refractivity contribution in [3.63, 3.8) is 0 Å². The summed E-state index contributed by atoms with van der Waals surface area (Å²) in [6.07, 6.45) is 5.29. The predicted octanol–water partition coefficient (Wildman–Crippen LogP) is 4.25. The second-order valence-corrected chi connectivity index (χ2v) is 8.59. The molecule has 4 nitrogen and oxygen atoms in total. The Morgan fingerprint density at radius 2 is 1.93 bits per heavy atom. The molecule has 0 unspecified atom stereocenters. The number of amides is 1. The van der Waals surface area contributed by atoms with Crippen molar-refractivity contribution < 1.29 is 9.53 Å². The van der Waals surface area contributed by atoms with Crippen LogP contribution in [0, 0.1) is 0 Å². The Kier molecular flexibility index (Phi) is 8.44. The van der Waals surface area contributed by atoms with Gasteiger partial charge in [0.15, 0.2) is 0 Å². The molecule has 1 N–H and O–H groups in total. The first-order valence-corrected chi connectivity index (χ1v) is 11.9. The van der Waals surface area contributed by atoms with E-state index in [1.165, 1.54) is 11.3 Å². The molecule has 2 aromatic carbocycles. The van der Waals surface area contributed by atoms with Crippen LogP contribution in [-0.2, 0) is 6.42 Å². The van der Waals surface area contributed by atoms with Gasteiger partial charge in [-0.2, -0.15) is 11.8 Å². The van der Waals surface area contributed by atoms with Gasteiger partial charge in [-0.15, -0.1) is 0 Å². The van der Waals surface area contributed by atoms with Crippen molar-refractivity contribution in [3.05, 3.63) is 65.7 Å². The smallest absolute Gasteiger partial charge is 0.251 e. The van der Waals surface area contributed by atoms with E-state index in [2.05, 4.69) is 35.5 Å². The molecular formula is C24H32N2O2S. The normalized spacial score (nSPS) is 16.3. The van der Waals surface area contributed by atoms with Crippen molar-refractivity contribution in [1.82, 2.24) is 10.2 Å². The number of hydrogen-bond donors (Lipinski definition) is 1. The summed E-state index contributed by atoms with van der Waals surface area (Å²) in [5.74, 6) is 1.91. The molecule has 0 saturated carbocycles. The molecule has 1 fully saturated rings. The van der Waals surface area contributed by atoms with Crippen LogP contribution in [0.25, 0.3) is 0 Å². The molecule has 1 amide bonds. The maximum Gasteiger partial charge on any atom is 0.251 e. The van der Waals surface area contributed by atoms with E-state index in [-0.39, 0.29) is 12.0 Å². The number of likely N-dealkylation sites (tertiary alicyclic amines) is 1. The summed E-state index contributed by atoms with van der Waals surface area (Å²) in [6.45, 7) is 5.08. The second-order valence-electron chi connectivity index (χ2n) is 7.68. The third-order valence-electron chi connectivity index (χ3n) is 5.45. The van der Waals surface area contributed by atoms with Crippen LogP contribution in [-0.4, -0.2) is 54.6 Å². The van der Waals surface area contributed by atoms with Crippen molar-refractivity contribution in [3.8, 4) is 5.75 Å². The van der Waals surface area contributed by atoms with Gasteiger partial charge in [-0.1, -0.05) is 36.4 Å². The first-order valence-electron chi connectivity index (χ1n) is 10.5. The topological polar surface area (TPSA) is 41.6 Å². The lowest BCUT2D eigenvalue weighted by atomic mass is 10.1. The van der Waals surface area contributed by atoms with Crippen molar-refractivity contribution in [1.29, 1.82) is 0 Å². The molecule has 156 valence electrons. The van der Waals surface area contributed by atoms with Gasteiger partial charge in [0.1, 0.15) is 11.9 Å². The highest BCUT2D eigenvalue weighted by molar-refractivity contribution is 7.98. The quantitative estimate of drug-likeness (QED) is 0.668. The highest BCUT2D eigenvalue weighted by atomic mass is 32.2. The van der Waals surface area contributed by atoms with Crippen LogP contribution in [0.15, 0.2) is 54.6 Å². The molecule has 1 atom stereocenters. The molecule has 1 aliphatic rings. The Morgan fingerprint density at radius 1 is 1.17 bits per heavy atom.